The van der Waals surface area contributed by atoms with Crippen LogP contribution < -0.4 is 0 Å². The molecule has 0 aliphatic heterocycles. The van der Waals surface area contributed by atoms with Crippen LogP contribution in [0.1, 0.15) is 32.6 Å². The average molecular weight is 358 g/mol. The number of hydrogen-bond acceptors (Lipinski definition) is 2. The minimum Gasteiger partial charge on any atom is -0.465 e. The van der Waals surface area contributed by atoms with Crippen molar-refractivity contribution in [1.82, 2.24) is 0 Å². The van der Waals surface area contributed by atoms with E-state index in [4.69, 9.17) is 4.74 Å². The van der Waals surface area contributed by atoms with E-state index in [2.05, 4.69) is 0 Å². The van der Waals surface area contributed by atoms with Crippen LogP contribution in [0.4, 0.5) is 4.39 Å². The Kier molecular flexibility index (Phi) is 5.95. The van der Waals surface area contributed by atoms with Gasteiger partial charge >= 0.3 is 5.97 Å². The van der Waals surface area contributed by atoms with Crippen LogP contribution in [0.25, 0.3) is 24.3 Å². The summed E-state index contributed by atoms with van der Waals surface area (Å²) in [6.07, 6.45) is 7.05. The Morgan fingerprint density at radius 1 is 0.778 bits per heavy atom. The molecule has 0 atom stereocenters. The number of rotatable bonds is 5. The lowest BCUT2D eigenvalue weighted by Crippen LogP contribution is -2.08. The molecule has 3 aromatic carbocycles. The summed E-state index contributed by atoms with van der Waals surface area (Å²) in [5.74, 6) is -1.05. The maximum Gasteiger partial charge on any atom is 0.339 e. The monoisotopic (exact) mass is 358 g/mol. The molecule has 0 radical (unpaired) electrons. The molecule has 3 rings (SSSR count). The molecule has 0 amide bonds. The van der Waals surface area contributed by atoms with Gasteiger partial charge in [-0.3, -0.25) is 0 Å². The molecule has 0 heterocycles. The molecule has 0 bridgehead atoms. The van der Waals surface area contributed by atoms with Crippen LogP contribution in [-0.4, -0.2) is 13.1 Å². The summed E-state index contributed by atoms with van der Waals surface area (Å²) in [5, 5.41) is 0. The summed E-state index contributed by atoms with van der Waals surface area (Å²) >= 11 is 0. The summed E-state index contributed by atoms with van der Waals surface area (Å²) in [4.78, 5) is 12.4. The van der Waals surface area contributed by atoms with Crippen molar-refractivity contribution in [3.63, 3.8) is 0 Å². The van der Waals surface area contributed by atoms with Crippen LogP contribution in [0.3, 0.4) is 0 Å². The maximum absolute atomic E-state index is 14.5. The highest BCUT2D eigenvalue weighted by Gasteiger charge is 2.18. The number of ether oxygens (including phenoxy) is 1. The molecule has 3 aromatic rings. The third-order valence-electron chi connectivity index (χ3n) is 4.11. The predicted molar refractivity (Wildman–Crippen MR) is 108 cm³/mol. The van der Waals surface area contributed by atoms with Gasteiger partial charge in [-0.15, -0.1) is 0 Å². The third-order valence-corrected chi connectivity index (χ3v) is 4.11. The lowest BCUT2D eigenvalue weighted by molar-refractivity contribution is 0.0599. The van der Waals surface area contributed by atoms with Crippen molar-refractivity contribution in [2.24, 2.45) is 0 Å². The minimum absolute atomic E-state index is 0.205. The topological polar surface area (TPSA) is 26.3 Å². The first-order valence-electron chi connectivity index (χ1n) is 8.56. The van der Waals surface area contributed by atoms with Crippen molar-refractivity contribution in [1.29, 1.82) is 0 Å². The van der Waals surface area contributed by atoms with E-state index in [-0.39, 0.29) is 11.1 Å². The standard InChI is InChI=1S/C24H19FO2/c1-27-24(26)23-20(14-12-18-8-4-2-5-9-18)15-17-22(25)21(23)16-13-19-10-6-3-7-11-19/h2-17H,1H3/b14-12+,16-13+. The third kappa shape index (κ3) is 4.59. The van der Waals surface area contributed by atoms with E-state index in [1.807, 2.05) is 66.7 Å². The van der Waals surface area contributed by atoms with E-state index in [9.17, 15) is 9.18 Å². The zero-order chi connectivity index (χ0) is 19.1. The summed E-state index contributed by atoms with van der Waals surface area (Å²) in [5.41, 5.74) is 2.91. The summed E-state index contributed by atoms with van der Waals surface area (Å²) < 4.78 is 19.4. The van der Waals surface area contributed by atoms with Crippen LogP contribution in [0.2, 0.25) is 0 Å². The van der Waals surface area contributed by atoms with Crippen molar-refractivity contribution in [3.8, 4) is 0 Å². The first-order valence-corrected chi connectivity index (χ1v) is 8.56. The second-order valence-corrected chi connectivity index (χ2v) is 5.90. The number of carbonyl (C=O) groups excluding carboxylic acids is 1. The highest BCUT2D eigenvalue weighted by molar-refractivity contribution is 5.99. The molecular weight excluding hydrogens is 339 g/mol. The Labute approximate surface area is 158 Å². The Balaban J connectivity index is 2.05. The summed E-state index contributed by atoms with van der Waals surface area (Å²) in [7, 11) is 1.29. The van der Waals surface area contributed by atoms with E-state index in [0.717, 1.165) is 11.1 Å². The van der Waals surface area contributed by atoms with Crippen molar-refractivity contribution in [3.05, 3.63) is 106 Å². The molecule has 134 valence electrons. The molecular formula is C24H19FO2. The number of carbonyl (C=O) groups is 1. The quantitative estimate of drug-likeness (QED) is 0.416. The van der Waals surface area contributed by atoms with Gasteiger partial charge in [-0.05, 0) is 22.8 Å². The van der Waals surface area contributed by atoms with Crippen molar-refractivity contribution < 1.29 is 13.9 Å². The highest BCUT2D eigenvalue weighted by atomic mass is 19.1. The molecule has 2 nitrogen and oxygen atoms in total. The number of halogens is 1. The molecule has 0 aliphatic rings. The van der Waals surface area contributed by atoms with E-state index >= 15 is 0 Å². The smallest absolute Gasteiger partial charge is 0.339 e. The number of benzene rings is 3. The summed E-state index contributed by atoms with van der Waals surface area (Å²) in [6, 6.07) is 22.2. The average Bonchev–Trinajstić information content (AvgIpc) is 2.72. The first-order chi connectivity index (χ1) is 13.2. The van der Waals surface area contributed by atoms with Crippen molar-refractivity contribution >= 4 is 30.3 Å². The maximum atomic E-state index is 14.5. The predicted octanol–water partition coefficient (Wildman–Crippen LogP) is 5.95. The molecule has 27 heavy (non-hydrogen) atoms. The van der Waals surface area contributed by atoms with Gasteiger partial charge in [0, 0.05) is 5.56 Å². The van der Waals surface area contributed by atoms with Gasteiger partial charge in [0.25, 0.3) is 0 Å². The van der Waals surface area contributed by atoms with Gasteiger partial charge in [-0.25, -0.2) is 9.18 Å². The number of hydrogen-bond donors (Lipinski definition) is 0. The molecule has 3 heteroatoms. The van der Waals surface area contributed by atoms with E-state index in [1.54, 1.807) is 24.3 Å². The van der Waals surface area contributed by atoms with Gasteiger partial charge in [0.2, 0.25) is 0 Å². The van der Waals surface area contributed by atoms with Crippen molar-refractivity contribution in [2.45, 2.75) is 0 Å². The van der Waals surface area contributed by atoms with Crippen LogP contribution in [0.15, 0.2) is 72.8 Å². The van der Waals surface area contributed by atoms with E-state index in [1.165, 1.54) is 13.2 Å². The van der Waals surface area contributed by atoms with Crippen LogP contribution in [0.5, 0.6) is 0 Å². The molecule has 0 unspecified atom stereocenters. The first kappa shape index (κ1) is 18.3. The SMILES string of the molecule is COC(=O)c1c(/C=C/c2ccccc2)ccc(F)c1/C=C/c1ccccc1. The largest absolute Gasteiger partial charge is 0.465 e. The van der Waals surface area contributed by atoms with Gasteiger partial charge < -0.3 is 4.74 Å². The number of esters is 1. The lowest BCUT2D eigenvalue weighted by Gasteiger charge is -2.10. The normalized spacial score (nSPS) is 11.2. The Bertz CT molecular complexity index is 974. The van der Waals surface area contributed by atoms with Gasteiger partial charge in [0.1, 0.15) is 5.82 Å². The molecule has 0 spiro atoms. The Morgan fingerprint density at radius 2 is 1.33 bits per heavy atom. The fraction of sp³-hybridized carbons (Fsp3) is 0.0417. The zero-order valence-electron chi connectivity index (χ0n) is 14.9. The minimum atomic E-state index is -0.574. The number of methoxy groups -OCH3 is 1. The Morgan fingerprint density at radius 3 is 1.89 bits per heavy atom. The lowest BCUT2D eigenvalue weighted by atomic mass is 9.98. The second kappa shape index (κ2) is 8.77. The van der Waals surface area contributed by atoms with Gasteiger partial charge in [0.15, 0.2) is 0 Å². The van der Waals surface area contributed by atoms with Crippen molar-refractivity contribution in [2.75, 3.05) is 7.11 Å². The Hall–Kier alpha value is -3.46. The fourth-order valence-electron chi connectivity index (χ4n) is 2.74. The van der Waals surface area contributed by atoms with Gasteiger partial charge in [0.05, 0.1) is 12.7 Å². The summed E-state index contributed by atoms with van der Waals surface area (Å²) in [6.45, 7) is 0. The molecule has 0 aromatic heterocycles. The van der Waals surface area contributed by atoms with E-state index < -0.39 is 11.8 Å². The van der Waals surface area contributed by atoms with E-state index in [0.29, 0.717) is 5.56 Å². The van der Waals surface area contributed by atoms with Crippen LogP contribution >= 0.6 is 0 Å². The molecule has 0 saturated heterocycles. The van der Waals surface area contributed by atoms with Gasteiger partial charge in [-0.2, -0.15) is 0 Å². The highest BCUT2D eigenvalue weighted by Crippen LogP contribution is 2.24. The van der Waals surface area contributed by atoms with Crippen LogP contribution in [-0.2, 0) is 4.74 Å². The fourth-order valence-corrected chi connectivity index (χ4v) is 2.74. The van der Waals surface area contributed by atoms with Crippen LogP contribution in [0, 0.1) is 5.82 Å². The second-order valence-electron chi connectivity index (χ2n) is 5.90. The van der Waals surface area contributed by atoms with Gasteiger partial charge in [-0.1, -0.05) is 91.0 Å². The zero-order valence-corrected chi connectivity index (χ0v) is 14.9. The molecule has 0 N–H and O–H groups in total. The molecule has 0 saturated carbocycles. The molecule has 0 aliphatic carbocycles. The molecule has 0 fully saturated rings.